The van der Waals surface area contributed by atoms with E-state index in [-0.39, 0.29) is 22.0 Å². The van der Waals surface area contributed by atoms with Crippen LogP contribution in [0.25, 0.3) is 0 Å². The number of hydrogen-bond acceptors (Lipinski definition) is 6. The second-order valence-corrected chi connectivity index (χ2v) is 3.70. The van der Waals surface area contributed by atoms with Crippen LogP contribution in [0.1, 0.15) is 5.56 Å². The van der Waals surface area contributed by atoms with Gasteiger partial charge in [-0.25, -0.2) is 0 Å². The molecule has 1 atom stereocenters. The number of benzene rings is 1. The zero-order valence-corrected chi connectivity index (χ0v) is 9.42. The summed E-state index contributed by atoms with van der Waals surface area (Å²) in [6, 6.07) is 2.94. The van der Waals surface area contributed by atoms with Crippen LogP contribution in [-0.4, -0.2) is 29.4 Å². The lowest BCUT2D eigenvalue weighted by molar-refractivity contribution is 0.230. The minimum atomic E-state index is -1.46. The average molecular weight is 258 g/mol. The van der Waals surface area contributed by atoms with Crippen LogP contribution < -0.4 is 9.75 Å². The number of anilines is 1. The summed E-state index contributed by atoms with van der Waals surface area (Å²) in [7, 11) is 1.43. The summed E-state index contributed by atoms with van der Waals surface area (Å²) in [6.07, 6.45) is -1.46. The summed E-state index contributed by atoms with van der Waals surface area (Å²) in [5, 5.41) is 25.0. The molecule has 2 rings (SSSR count). The maximum absolute atomic E-state index is 10.6. The van der Waals surface area contributed by atoms with Crippen LogP contribution >= 0.6 is 11.6 Å². The van der Waals surface area contributed by atoms with Crippen LogP contribution in [0.3, 0.4) is 0 Å². The average Bonchev–Trinajstić information content (AvgIpc) is 2.60. The molecule has 2 N–H and O–H groups in total. The molecule has 1 unspecified atom stereocenters. The van der Waals surface area contributed by atoms with E-state index in [1.54, 1.807) is 0 Å². The maximum atomic E-state index is 10.6. The molecular formula is C9H8ClN3O4. The second-order valence-electron chi connectivity index (χ2n) is 3.29. The Kier molecular flexibility index (Phi) is 2.86. The molecule has 0 bridgehead atoms. The van der Waals surface area contributed by atoms with Gasteiger partial charge in [-0.15, -0.1) is 4.91 Å². The summed E-state index contributed by atoms with van der Waals surface area (Å²) in [5.74, 6) is 0.397. The van der Waals surface area contributed by atoms with E-state index in [4.69, 9.17) is 21.5 Å². The van der Waals surface area contributed by atoms with Crippen molar-refractivity contribution < 1.29 is 15.1 Å². The van der Waals surface area contributed by atoms with Crippen molar-refractivity contribution >= 4 is 23.0 Å². The smallest absolute Gasteiger partial charge is 0.198 e. The van der Waals surface area contributed by atoms with Gasteiger partial charge in [0.1, 0.15) is 11.5 Å². The molecule has 8 heteroatoms. The monoisotopic (exact) mass is 257 g/mol. The highest BCUT2D eigenvalue weighted by Crippen LogP contribution is 2.39. The third-order valence-electron chi connectivity index (χ3n) is 2.45. The Morgan fingerprint density at radius 2 is 2.24 bits per heavy atom. The first kappa shape index (κ1) is 11.6. The summed E-state index contributed by atoms with van der Waals surface area (Å²) in [5.41, 5.74) is 0.346. The number of nitrogens with zero attached hydrogens (tertiary/aromatic N) is 3. The van der Waals surface area contributed by atoms with Crippen LogP contribution in [0.4, 0.5) is 5.69 Å². The molecule has 7 nitrogen and oxygen atoms in total. The Morgan fingerprint density at radius 3 is 2.76 bits per heavy atom. The number of hydrogen-bond donors (Lipinski definition) is 2. The van der Waals surface area contributed by atoms with Gasteiger partial charge in [0, 0.05) is 11.6 Å². The van der Waals surface area contributed by atoms with Crippen molar-refractivity contribution in [3.8, 4) is 5.75 Å². The molecule has 90 valence electrons. The fraction of sp³-hybridized carbons (Fsp3) is 0.222. The predicted molar refractivity (Wildman–Crippen MR) is 60.6 cm³/mol. The van der Waals surface area contributed by atoms with E-state index in [0.29, 0.717) is 5.75 Å². The number of ether oxygens (including phenoxy) is 1. The van der Waals surface area contributed by atoms with Gasteiger partial charge >= 0.3 is 0 Å². The first-order valence-electron chi connectivity index (χ1n) is 4.54. The molecule has 0 aliphatic carbocycles. The van der Waals surface area contributed by atoms with E-state index >= 15 is 0 Å². The standard InChI is InChI=1S/C9H8ClN3O4/c1-17-4-2-5(10)7-6(3-4)13(12-16)9(14)8(7)11-15/h2-3,9,14-15H,1H3. The maximum Gasteiger partial charge on any atom is 0.198 e. The number of fused-ring (bicyclic) bond motifs is 1. The van der Waals surface area contributed by atoms with Crippen molar-refractivity contribution in [3.05, 3.63) is 27.6 Å². The molecule has 1 aliphatic heterocycles. The van der Waals surface area contributed by atoms with Crippen LogP contribution in [0.15, 0.2) is 22.6 Å². The third kappa shape index (κ3) is 1.60. The molecule has 0 aromatic heterocycles. The molecule has 1 aliphatic rings. The summed E-state index contributed by atoms with van der Waals surface area (Å²) in [4.78, 5) is 10.6. The number of methoxy groups -OCH3 is 1. The first-order valence-corrected chi connectivity index (χ1v) is 4.92. The van der Waals surface area contributed by atoms with Gasteiger partial charge in [0.2, 0.25) is 0 Å². The van der Waals surface area contributed by atoms with Crippen molar-refractivity contribution in [1.82, 2.24) is 0 Å². The topological polar surface area (TPSA) is 94.7 Å². The van der Waals surface area contributed by atoms with Gasteiger partial charge in [-0.05, 0) is 6.07 Å². The van der Waals surface area contributed by atoms with Crippen LogP contribution in [0.2, 0.25) is 5.02 Å². The molecule has 0 saturated heterocycles. The molecule has 0 radical (unpaired) electrons. The van der Waals surface area contributed by atoms with Crippen LogP contribution in [0, 0.1) is 4.91 Å². The summed E-state index contributed by atoms with van der Waals surface area (Å²) in [6.45, 7) is 0. The highest BCUT2D eigenvalue weighted by molar-refractivity contribution is 6.36. The van der Waals surface area contributed by atoms with Gasteiger partial charge in [0.25, 0.3) is 0 Å². The Bertz CT molecular complexity index is 505. The van der Waals surface area contributed by atoms with Gasteiger partial charge in [-0.3, -0.25) is 0 Å². The SMILES string of the molecule is COc1cc(Cl)c2c(c1)N(N=O)C(O)C2=NO. The molecule has 0 saturated carbocycles. The lowest BCUT2D eigenvalue weighted by Gasteiger charge is -2.12. The number of oxime groups is 1. The quantitative estimate of drug-likeness (QED) is 0.474. The van der Waals surface area contributed by atoms with Gasteiger partial charge in [-0.2, -0.15) is 5.01 Å². The van der Waals surface area contributed by atoms with Crippen LogP contribution in [0.5, 0.6) is 5.75 Å². The predicted octanol–water partition coefficient (Wildman–Crippen LogP) is 1.35. The Hall–Kier alpha value is -1.86. The minimum Gasteiger partial charge on any atom is -0.497 e. The van der Waals surface area contributed by atoms with E-state index in [9.17, 15) is 10.0 Å². The fourth-order valence-corrected chi connectivity index (χ4v) is 1.99. The molecular weight excluding hydrogens is 250 g/mol. The zero-order chi connectivity index (χ0) is 12.6. The van der Waals surface area contributed by atoms with Crippen molar-refractivity contribution in [2.24, 2.45) is 10.4 Å². The first-order chi connectivity index (χ1) is 8.13. The Balaban J connectivity index is 2.69. The number of aliphatic hydroxyl groups is 1. The van der Waals surface area contributed by atoms with Gasteiger partial charge in [0.05, 0.1) is 23.1 Å². The van der Waals surface area contributed by atoms with Crippen molar-refractivity contribution in [2.45, 2.75) is 6.23 Å². The van der Waals surface area contributed by atoms with Gasteiger partial charge in [0.15, 0.2) is 6.23 Å². The summed E-state index contributed by atoms with van der Waals surface area (Å²) >= 11 is 5.96. The molecule has 0 spiro atoms. The number of rotatable bonds is 2. The van der Waals surface area contributed by atoms with E-state index in [1.807, 2.05) is 0 Å². The molecule has 1 heterocycles. The van der Waals surface area contributed by atoms with Crippen molar-refractivity contribution in [2.75, 3.05) is 12.1 Å². The fourth-order valence-electron chi connectivity index (χ4n) is 1.69. The molecule has 17 heavy (non-hydrogen) atoms. The number of nitroso groups, excluding NO2 is 1. The van der Waals surface area contributed by atoms with E-state index in [1.165, 1.54) is 19.2 Å². The minimum absolute atomic E-state index is 0.132. The number of aliphatic hydroxyl groups excluding tert-OH is 1. The second kappa shape index (κ2) is 4.19. The van der Waals surface area contributed by atoms with E-state index < -0.39 is 6.23 Å². The molecule has 1 aromatic carbocycles. The molecule has 1 aromatic rings. The van der Waals surface area contributed by atoms with Gasteiger partial charge < -0.3 is 15.1 Å². The van der Waals surface area contributed by atoms with Crippen molar-refractivity contribution in [1.29, 1.82) is 0 Å². The van der Waals surface area contributed by atoms with E-state index in [2.05, 4.69) is 10.4 Å². The largest absolute Gasteiger partial charge is 0.497 e. The highest BCUT2D eigenvalue weighted by atomic mass is 35.5. The van der Waals surface area contributed by atoms with Crippen LogP contribution in [-0.2, 0) is 0 Å². The molecule has 0 amide bonds. The zero-order valence-electron chi connectivity index (χ0n) is 8.66. The normalized spacial score (nSPS) is 20.5. The summed E-state index contributed by atoms with van der Waals surface area (Å²) < 4.78 is 4.98. The third-order valence-corrected chi connectivity index (χ3v) is 2.75. The Morgan fingerprint density at radius 1 is 1.53 bits per heavy atom. The highest BCUT2D eigenvalue weighted by Gasteiger charge is 2.38. The molecule has 0 fully saturated rings. The Labute approximate surface area is 101 Å². The van der Waals surface area contributed by atoms with Gasteiger partial charge in [-0.1, -0.05) is 16.8 Å². The van der Waals surface area contributed by atoms with Crippen molar-refractivity contribution in [3.63, 3.8) is 0 Å². The lowest BCUT2D eigenvalue weighted by atomic mass is 10.1. The lowest BCUT2D eigenvalue weighted by Crippen LogP contribution is -2.30. The van der Waals surface area contributed by atoms with E-state index in [0.717, 1.165) is 5.01 Å². The number of halogens is 1.